The van der Waals surface area contributed by atoms with Gasteiger partial charge in [-0.15, -0.1) is 0 Å². The van der Waals surface area contributed by atoms with Gasteiger partial charge >= 0.3 is 5.97 Å². The van der Waals surface area contributed by atoms with Gasteiger partial charge in [0.15, 0.2) is 0 Å². The molecule has 0 fully saturated rings. The summed E-state index contributed by atoms with van der Waals surface area (Å²) in [6, 6.07) is 1.16. The van der Waals surface area contributed by atoms with Gasteiger partial charge < -0.3 is 10.4 Å². The molecule has 0 aliphatic rings. The van der Waals surface area contributed by atoms with Gasteiger partial charge in [-0.05, 0) is 12.0 Å². The van der Waals surface area contributed by atoms with Gasteiger partial charge in [-0.25, -0.2) is 14.8 Å². The molecule has 0 aliphatic heterocycles. The van der Waals surface area contributed by atoms with E-state index in [-0.39, 0.29) is 11.3 Å². The molecular formula is C13H21N3O2. The van der Waals surface area contributed by atoms with Crippen molar-refractivity contribution < 1.29 is 9.90 Å². The van der Waals surface area contributed by atoms with Crippen molar-refractivity contribution in [3.05, 3.63) is 18.0 Å². The summed E-state index contributed by atoms with van der Waals surface area (Å²) in [5, 5.41) is 12.0. The van der Waals surface area contributed by atoms with Gasteiger partial charge in [-0.3, -0.25) is 0 Å². The summed E-state index contributed by atoms with van der Waals surface area (Å²) >= 11 is 0. The molecule has 1 aromatic rings. The van der Waals surface area contributed by atoms with Gasteiger partial charge in [0.1, 0.15) is 6.04 Å². The minimum atomic E-state index is -0.894. The van der Waals surface area contributed by atoms with Crippen LogP contribution in [0.5, 0.6) is 0 Å². The highest BCUT2D eigenvalue weighted by Crippen LogP contribution is 2.20. The van der Waals surface area contributed by atoms with Gasteiger partial charge in [0.25, 0.3) is 0 Å². The predicted octanol–water partition coefficient (Wildman–Crippen LogP) is 2.30. The molecule has 0 aliphatic carbocycles. The maximum absolute atomic E-state index is 11.1. The highest BCUT2D eigenvalue weighted by molar-refractivity contribution is 5.76. The number of aromatic nitrogens is 2. The number of nitrogens with one attached hydrogen (secondary N) is 1. The van der Waals surface area contributed by atoms with E-state index in [0.717, 1.165) is 5.69 Å². The topological polar surface area (TPSA) is 75.1 Å². The first kappa shape index (κ1) is 14.4. The molecule has 0 spiro atoms. The number of carboxylic acids is 1. The van der Waals surface area contributed by atoms with Crippen LogP contribution in [-0.4, -0.2) is 27.1 Å². The molecule has 0 radical (unpaired) electrons. The summed E-state index contributed by atoms with van der Waals surface area (Å²) in [5.41, 5.74) is 0.795. The van der Waals surface area contributed by atoms with Crippen LogP contribution in [0.15, 0.2) is 12.3 Å². The fraction of sp³-hybridized carbons (Fsp3) is 0.615. The third kappa shape index (κ3) is 3.68. The van der Waals surface area contributed by atoms with Gasteiger partial charge in [0, 0.05) is 11.6 Å². The highest BCUT2D eigenvalue weighted by Gasteiger charge is 2.23. The summed E-state index contributed by atoms with van der Waals surface area (Å²) < 4.78 is 0. The molecule has 5 nitrogen and oxygen atoms in total. The van der Waals surface area contributed by atoms with Crippen molar-refractivity contribution in [1.82, 2.24) is 9.97 Å². The predicted molar refractivity (Wildman–Crippen MR) is 70.6 cm³/mol. The Kier molecular flexibility index (Phi) is 4.27. The number of carbonyl (C=O) groups is 1. The summed E-state index contributed by atoms with van der Waals surface area (Å²) in [5.74, 6) is -0.567. The lowest BCUT2D eigenvalue weighted by molar-refractivity contribution is -0.138. The number of aliphatic carboxylic acids is 1. The Morgan fingerprint density at radius 1 is 1.39 bits per heavy atom. The summed E-state index contributed by atoms with van der Waals surface area (Å²) in [6.07, 6.45) is 1.65. The van der Waals surface area contributed by atoms with E-state index in [1.54, 1.807) is 6.20 Å². The third-order valence-corrected chi connectivity index (χ3v) is 2.64. The average Bonchev–Trinajstić information content (AvgIpc) is 2.24. The fourth-order valence-electron chi connectivity index (χ4n) is 1.50. The van der Waals surface area contributed by atoms with E-state index in [1.165, 1.54) is 0 Å². The Morgan fingerprint density at radius 2 is 2.00 bits per heavy atom. The lowest BCUT2D eigenvalue weighted by atomic mass is 9.92. The minimum Gasteiger partial charge on any atom is -0.480 e. The minimum absolute atomic E-state index is 0.0376. The molecular weight excluding hydrogens is 230 g/mol. The molecule has 1 heterocycles. The molecule has 5 heteroatoms. The lowest BCUT2D eigenvalue weighted by Crippen LogP contribution is -2.35. The lowest BCUT2D eigenvalue weighted by Gasteiger charge is -2.21. The van der Waals surface area contributed by atoms with Crippen LogP contribution in [0.2, 0.25) is 0 Å². The van der Waals surface area contributed by atoms with E-state index in [9.17, 15) is 4.79 Å². The van der Waals surface area contributed by atoms with Crippen LogP contribution in [0.25, 0.3) is 0 Å². The van der Waals surface area contributed by atoms with Crippen LogP contribution in [0.4, 0.5) is 5.95 Å². The van der Waals surface area contributed by atoms with E-state index in [4.69, 9.17) is 5.11 Å². The smallest absolute Gasteiger partial charge is 0.326 e. The molecule has 1 aromatic heterocycles. The number of nitrogens with zero attached hydrogens (tertiary/aromatic N) is 2. The Morgan fingerprint density at radius 3 is 2.44 bits per heavy atom. The van der Waals surface area contributed by atoms with Crippen molar-refractivity contribution in [2.75, 3.05) is 5.32 Å². The van der Waals surface area contributed by atoms with Crippen LogP contribution < -0.4 is 5.32 Å². The standard InChI is InChI=1S/C13H21N3O2/c1-8(2)10(11(17)18)16-12-14-7-6-9(15-12)13(3,4)5/h6-8,10H,1-5H3,(H,17,18)(H,14,15,16)/t10-/m1/s1. The number of carboxylic acid groups (broad SMARTS) is 1. The number of rotatable bonds is 4. The van der Waals surface area contributed by atoms with E-state index < -0.39 is 12.0 Å². The summed E-state index contributed by atoms with van der Waals surface area (Å²) in [6.45, 7) is 9.85. The molecule has 18 heavy (non-hydrogen) atoms. The van der Waals surface area contributed by atoms with E-state index in [0.29, 0.717) is 5.95 Å². The van der Waals surface area contributed by atoms with Crippen molar-refractivity contribution in [1.29, 1.82) is 0 Å². The number of anilines is 1. The molecule has 0 unspecified atom stereocenters. The second-order valence-electron chi connectivity index (χ2n) is 5.72. The van der Waals surface area contributed by atoms with Crippen molar-refractivity contribution >= 4 is 11.9 Å². The molecule has 1 rings (SSSR count). The summed E-state index contributed by atoms with van der Waals surface area (Å²) in [7, 11) is 0. The zero-order chi connectivity index (χ0) is 13.9. The molecule has 2 N–H and O–H groups in total. The van der Waals surface area contributed by atoms with E-state index in [1.807, 2.05) is 19.9 Å². The first-order valence-electron chi connectivity index (χ1n) is 6.04. The SMILES string of the molecule is CC(C)[C@@H](Nc1nccc(C(C)(C)C)n1)C(=O)O. The second-order valence-corrected chi connectivity index (χ2v) is 5.72. The van der Waals surface area contributed by atoms with Gasteiger partial charge in [-0.2, -0.15) is 0 Å². The fourth-order valence-corrected chi connectivity index (χ4v) is 1.50. The average molecular weight is 251 g/mol. The molecule has 0 bridgehead atoms. The molecule has 100 valence electrons. The van der Waals surface area contributed by atoms with Gasteiger partial charge in [-0.1, -0.05) is 34.6 Å². The first-order valence-corrected chi connectivity index (χ1v) is 6.04. The Bertz CT molecular complexity index is 424. The largest absolute Gasteiger partial charge is 0.480 e. The number of hydrogen-bond donors (Lipinski definition) is 2. The Hall–Kier alpha value is -1.65. The summed E-state index contributed by atoms with van der Waals surface area (Å²) in [4.78, 5) is 19.5. The van der Waals surface area contributed by atoms with Crippen molar-refractivity contribution in [3.8, 4) is 0 Å². The van der Waals surface area contributed by atoms with Crippen molar-refractivity contribution in [2.24, 2.45) is 5.92 Å². The van der Waals surface area contributed by atoms with Crippen LogP contribution >= 0.6 is 0 Å². The van der Waals surface area contributed by atoms with Crippen molar-refractivity contribution in [2.45, 2.75) is 46.1 Å². The molecule has 0 aromatic carbocycles. The van der Waals surface area contributed by atoms with Crippen LogP contribution in [-0.2, 0) is 10.2 Å². The van der Waals surface area contributed by atoms with Gasteiger partial charge in [0.2, 0.25) is 5.95 Å². The monoisotopic (exact) mass is 251 g/mol. The highest BCUT2D eigenvalue weighted by atomic mass is 16.4. The Balaban J connectivity index is 2.94. The zero-order valence-corrected chi connectivity index (χ0v) is 11.6. The van der Waals surface area contributed by atoms with Crippen LogP contribution in [0.3, 0.4) is 0 Å². The molecule has 0 amide bonds. The quantitative estimate of drug-likeness (QED) is 0.858. The van der Waals surface area contributed by atoms with Crippen LogP contribution in [0, 0.1) is 5.92 Å². The molecule has 1 atom stereocenters. The van der Waals surface area contributed by atoms with E-state index >= 15 is 0 Å². The molecule has 0 saturated carbocycles. The maximum atomic E-state index is 11.1. The second kappa shape index (κ2) is 5.33. The first-order chi connectivity index (χ1) is 8.21. The number of hydrogen-bond acceptors (Lipinski definition) is 4. The Labute approximate surface area is 108 Å². The zero-order valence-electron chi connectivity index (χ0n) is 11.6. The normalized spacial score (nSPS) is 13.4. The van der Waals surface area contributed by atoms with E-state index in [2.05, 4.69) is 36.1 Å². The third-order valence-electron chi connectivity index (χ3n) is 2.64. The van der Waals surface area contributed by atoms with Crippen LogP contribution in [0.1, 0.15) is 40.3 Å². The molecule has 0 saturated heterocycles. The van der Waals surface area contributed by atoms with Gasteiger partial charge in [0.05, 0.1) is 5.69 Å². The maximum Gasteiger partial charge on any atom is 0.326 e. The van der Waals surface area contributed by atoms with Crippen molar-refractivity contribution in [3.63, 3.8) is 0 Å².